The van der Waals surface area contributed by atoms with Crippen molar-refractivity contribution in [3.63, 3.8) is 0 Å². The zero-order chi connectivity index (χ0) is 12.4. The third-order valence-electron chi connectivity index (χ3n) is 3.81. The molecule has 0 aromatic carbocycles. The van der Waals surface area contributed by atoms with Gasteiger partial charge in [-0.25, -0.2) is 0 Å². The van der Waals surface area contributed by atoms with Gasteiger partial charge in [0, 0.05) is 24.5 Å². The predicted octanol–water partition coefficient (Wildman–Crippen LogP) is 1.94. The van der Waals surface area contributed by atoms with Crippen LogP contribution >= 0.6 is 0 Å². The average Bonchev–Trinajstić information content (AvgIpc) is 2.71. The number of carboxylic acid groups (broad SMARTS) is 1. The third kappa shape index (κ3) is 2.31. The highest BCUT2D eigenvalue weighted by Gasteiger charge is 2.37. The first kappa shape index (κ1) is 12.0. The van der Waals surface area contributed by atoms with Gasteiger partial charge in [0.1, 0.15) is 0 Å². The van der Waals surface area contributed by atoms with Gasteiger partial charge < -0.3 is 5.11 Å². The van der Waals surface area contributed by atoms with E-state index in [-0.39, 0.29) is 18.0 Å². The van der Waals surface area contributed by atoms with E-state index in [2.05, 4.69) is 16.8 Å². The number of hydrogen-bond acceptors (Lipinski definition) is 3. The molecule has 92 valence electrons. The number of carbonyl (C=O) groups is 1. The van der Waals surface area contributed by atoms with Gasteiger partial charge in [-0.15, -0.1) is 0 Å². The minimum atomic E-state index is -0.679. The van der Waals surface area contributed by atoms with Crippen molar-refractivity contribution in [1.29, 1.82) is 0 Å². The molecule has 4 nitrogen and oxygen atoms in total. The molecular formula is C13H18N2O2. The van der Waals surface area contributed by atoms with Crippen LogP contribution in [0.4, 0.5) is 0 Å². The molecule has 2 rings (SSSR count). The van der Waals surface area contributed by atoms with E-state index in [4.69, 9.17) is 5.11 Å². The molecule has 1 aromatic heterocycles. The van der Waals surface area contributed by atoms with Crippen molar-refractivity contribution < 1.29 is 9.90 Å². The first-order valence-electron chi connectivity index (χ1n) is 5.99. The van der Waals surface area contributed by atoms with Crippen molar-refractivity contribution in [2.75, 3.05) is 6.54 Å². The highest BCUT2D eigenvalue weighted by molar-refractivity contribution is 5.71. The summed E-state index contributed by atoms with van der Waals surface area (Å²) in [6, 6.07) is 4.32. The Morgan fingerprint density at radius 2 is 2.18 bits per heavy atom. The first-order valence-corrected chi connectivity index (χ1v) is 5.99. The number of pyridine rings is 1. The summed E-state index contributed by atoms with van der Waals surface area (Å²) in [7, 11) is 0. The normalized spacial score (nSPS) is 26.9. The van der Waals surface area contributed by atoms with Crippen LogP contribution in [0.5, 0.6) is 0 Å². The average molecular weight is 234 g/mol. The maximum atomic E-state index is 11.1. The second-order valence-electron chi connectivity index (χ2n) is 4.67. The number of rotatable bonds is 3. The van der Waals surface area contributed by atoms with Crippen LogP contribution in [0.25, 0.3) is 0 Å². The van der Waals surface area contributed by atoms with Crippen molar-refractivity contribution >= 4 is 5.97 Å². The molecule has 2 heterocycles. The molecule has 0 amide bonds. The standard InChI is InChI=1S/C13H18N2O2/c1-9(11-3-6-14-7-4-11)15-8-5-12(10(15)2)13(16)17/h3-4,6-7,9-10,12H,5,8H2,1-2H3,(H,16,17). The minimum Gasteiger partial charge on any atom is -0.481 e. The van der Waals surface area contributed by atoms with Crippen LogP contribution < -0.4 is 0 Å². The molecule has 1 aliphatic heterocycles. The molecular weight excluding hydrogens is 216 g/mol. The van der Waals surface area contributed by atoms with E-state index in [1.54, 1.807) is 12.4 Å². The van der Waals surface area contributed by atoms with E-state index < -0.39 is 5.97 Å². The van der Waals surface area contributed by atoms with Crippen LogP contribution in [0.15, 0.2) is 24.5 Å². The van der Waals surface area contributed by atoms with Crippen molar-refractivity contribution in [2.45, 2.75) is 32.4 Å². The maximum absolute atomic E-state index is 11.1. The Balaban J connectivity index is 2.12. The van der Waals surface area contributed by atoms with Crippen LogP contribution in [0, 0.1) is 5.92 Å². The SMILES string of the molecule is CC(c1ccncc1)N1CCC(C(=O)O)C1C. The fourth-order valence-corrected chi connectivity index (χ4v) is 2.67. The second-order valence-corrected chi connectivity index (χ2v) is 4.67. The van der Waals surface area contributed by atoms with Crippen LogP contribution in [0.1, 0.15) is 31.9 Å². The minimum absolute atomic E-state index is 0.0932. The number of aliphatic carboxylic acids is 1. The Hall–Kier alpha value is -1.42. The topological polar surface area (TPSA) is 53.4 Å². The van der Waals surface area contributed by atoms with Crippen molar-refractivity contribution in [3.8, 4) is 0 Å². The molecule has 0 bridgehead atoms. The molecule has 3 atom stereocenters. The lowest BCUT2D eigenvalue weighted by Gasteiger charge is -2.29. The summed E-state index contributed by atoms with van der Waals surface area (Å²) in [5.74, 6) is -0.916. The summed E-state index contributed by atoms with van der Waals surface area (Å²) < 4.78 is 0. The molecule has 17 heavy (non-hydrogen) atoms. The summed E-state index contributed by atoms with van der Waals surface area (Å²) in [4.78, 5) is 17.3. The van der Waals surface area contributed by atoms with E-state index in [9.17, 15) is 4.79 Å². The number of carboxylic acids is 1. The van der Waals surface area contributed by atoms with Gasteiger partial charge in [-0.2, -0.15) is 0 Å². The molecule has 0 radical (unpaired) electrons. The Morgan fingerprint density at radius 3 is 2.71 bits per heavy atom. The van der Waals surface area contributed by atoms with Crippen LogP contribution in [0.3, 0.4) is 0 Å². The van der Waals surface area contributed by atoms with Gasteiger partial charge in [0.15, 0.2) is 0 Å². The molecule has 1 fully saturated rings. The Bertz CT molecular complexity index is 394. The van der Waals surface area contributed by atoms with Crippen molar-refractivity contribution in [1.82, 2.24) is 9.88 Å². The lowest BCUT2D eigenvalue weighted by Crippen LogP contribution is -2.34. The lowest BCUT2D eigenvalue weighted by molar-refractivity contribution is -0.142. The van der Waals surface area contributed by atoms with E-state index in [1.807, 2.05) is 19.1 Å². The summed E-state index contributed by atoms with van der Waals surface area (Å²) in [6.45, 7) is 4.97. The summed E-state index contributed by atoms with van der Waals surface area (Å²) in [5, 5.41) is 9.12. The molecule has 0 aliphatic carbocycles. The van der Waals surface area contributed by atoms with Gasteiger partial charge >= 0.3 is 5.97 Å². The highest BCUT2D eigenvalue weighted by atomic mass is 16.4. The van der Waals surface area contributed by atoms with Gasteiger partial charge in [0.2, 0.25) is 0 Å². The molecule has 1 aromatic rings. The third-order valence-corrected chi connectivity index (χ3v) is 3.81. The predicted molar refractivity (Wildman–Crippen MR) is 64.6 cm³/mol. The monoisotopic (exact) mass is 234 g/mol. The van der Waals surface area contributed by atoms with Crippen LogP contribution in [-0.2, 0) is 4.79 Å². The van der Waals surface area contributed by atoms with Crippen LogP contribution in [0.2, 0.25) is 0 Å². The molecule has 3 unspecified atom stereocenters. The Kier molecular flexibility index (Phi) is 3.43. The van der Waals surface area contributed by atoms with Crippen molar-refractivity contribution in [2.24, 2.45) is 5.92 Å². The maximum Gasteiger partial charge on any atom is 0.308 e. The highest BCUT2D eigenvalue weighted by Crippen LogP contribution is 2.32. The lowest BCUT2D eigenvalue weighted by atomic mass is 10.0. The smallest absolute Gasteiger partial charge is 0.308 e. The number of nitrogens with zero attached hydrogens (tertiary/aromatic N) is 2. The number of hydrogen-bond donors (Lipinski definition) is 1. The van der Waals surface area contributed by atoms with Crippen molar-refractivity contribution in [3.05, 3.63) is 30.1 Å². The number of likely N-dealkylation sites (tertiary alicyclic amines) is 1. The zero-order valence-electron chi connectivity index (χ0n) is 10.2. The van der Waals surface area contributed by atoms with Gasteiger partial charge in [0.05, 0.1) is 5.92 Å². The van der Waals surface area contributed by atoms with Crippen LogP contribution in [-0.4, -0.2) is 33.5 Å². The van der Waals surface area contributed by atoms with E-state index in [1.165, 1.54) is 5.56 Å². The molecule has 4 heteroatoms. The van der Waals surface area contributed by atoms with Gasteiger partial charge in [-0.1, -0.05) is 0 Å². The van der Waals surface area contributed by atoms with E-state index in [0.717, 1.165) is 13.0 Å². The second kappa shape index (κ2) is 4.84. The molecule has 1 aliphatic rings. The molecule has 1 N–H and O–H groups in total. The quantitative estimate of drug-likeness (QED) is 0.868. The van der Waals surface area contributed by atoms with E-state index in [0.29, 0.717) is 0 Å². The van der Waals surface area contributed by atoms with Gasteiger partial charge in [-0.3, -0.25) is 14.7 Å². The Labute approximate surface area is 101 Å². The first-order chi connectivity index (χ1) is 8.11. The summed E-state index contributed by atoms with van der Waals surface area (Å²) in [6.07, 6.45) is 4.30. The Morgan fingerprint density at radius 1 is 1.53 bits per heavy atom. The molecule has 0 spiro atoms. The van der Waals surface area contributed by atoms with Gasteiger partial charge in [-0.05, 0) is 44.5 Å². The zero-order valence-corrected chi connectivity index (χ0v) is 10.2. The fraction of sp³-hybridized carbons (Fsp3) is 0.538. The largest absolute Gasteiger partial charge is 0.481 e. The van der Waals surface area contributed by atoms with Gasteiger partial charge in [0.25, 0.3) is 0 Å². The molecule has 0 saturated carbocycles. The summed E-state index contributed by atoms with van der Waals surface area (Å²) in [5.41, 5.74) is 1.19. The number of aromatic nitrogens is 1. The molecule has 1 saturated heterocycles. The summed E-state index contributed by atoms with van der Waals surface area (Å²) >= 11 is 0. The van der Waals surface area contributed by atoms with E-state index >= 15 is 0 Å². The fourth-order valence-electron chi connectivity index (χ4n) is 2.67.